The number of benzene rings is 1. The minimum atomic E-state index is -0.238. The summed E-state index contributed by atoms with van der Waals surface area (Å²) in [7, 11) is 0. The maximum atomic E-state index is 11.8. The van der Waals surface area contributed by atoms with E-state index in [9.17, 15) is 9.59 Å². The van der Waals surface area contributed by atoms with E-state index in [-0.39, 0.29) is 18.4 Å². The Morgan fingerprint density at radius 3 is 2.60 bits per heavy atom. The Morgan fingerprint density at radius 1 is 1.15 bits per heavy atom. The van der Waals surface area contributed by atoms with E-state index in [1.54, 1.807) is 12.1 Å². The van der Waals surface area contributed by atoms with Crippen molar-refractivity contribution >= 4 is 28.8 Å². The zero-order valence-corrected chi connectivity index (χ0v) is 12.2. The third kappa shape index (κ3) is 3.68. The molecule has 2 aromatic rings. The molecule has 1 aromatic carbocycles. The van der Waals surface area contributed by atoms with Crippen molar-refractivity contribution in [3.8, 4) is 0 Å². The van der Waals surface area contributed by atoms with Crippen molar-refractivity contribution in [1.82, 2.24) is 5.32 Å². The molecule has 0 unspecified atom stereocenters. The lowest BCUT2D eigenvalue weighted by Crippen LogP contribution is -2.32. The highest BCUT2D eigenvalue weighted by Crippen LogP contribution is 2.14. The Kier molecular flexibility index (Phi) is 4.53. The Balaban J connectivity index is 1.86. The summed E-state index contributed by atoms with van der Waals surface area (Å²) >= 11 is 1.35. The molecule has 5 heteroatoms. The van der Waals surface area contributed by atoms with Gasteiger partial charge in [-0.15, -0.1) is 11.3 Å². The van der Waals surface area contributed by atoms with Gasteiger partial charge in [-0.1, -0.05) is 12.1 Å². The topological polar surface area (TPSA) is 58.2 Å². The fraction of sp³-hybridized carbons (Fsp3) is 0.200. The lowest BCUT2D eigenvalue weighted by molar-refractivity contribution is -0.115. The Hall–Kier alpha value is -2.14. The van der Waals surface area contributed by atoms with Gasteiger partial charge in [0.1, 0.15) is 0 Å². The van der Waals surface area contributed by atoms with Gasteiger partial charge < -0.3 is 10.6 Å². The van der Waals surface area contributed by atoms with Crippen molar-refractivity contribution in [2.24, 2.45) is 0 Å². The van der Waals surface area contributed by atoms with Crippen LogP contribution in [-0.2, 0) is 4.79 Å². The monoisotopic (exact) mass is 288 g/mol. The first-order valence-electron chi connectivity index (χ1n) is 6.25. The molecule has 0 saturated carbocycles. The lowest BCUT2D eigenvalue weighted by atomic mass is 10.1. The second-order valence-corrected chi connectivity index (χ2v) is 5.45. The minimum absolute atomic E-state index is 0.0380. The molecule has 1 heterocycles. The van der Waals surface area contributed by atoms with Gasteiger partial charge in [0.05, 0.1) is 11.4 Å². The molecule has 0 aliphatic heterocycles. The Bertz CT molecular complexity index is 621. The van der Waals surface area contributed by atoms with Crippen molar-refractivity contribution < 1.29 is 9.59 Å². The van der Waals surface area contributed by atoms with E-state index in [2.05, 4.69) is 10.6 Å². The Morgan fingerprint density at radius 2 is 1.95 bits per heavy atom. The molecule has 1 aromatic heterocycles. The molecule has 0 radical (unpaired) electrons. The summed E-state index contributed by atoms with van der Waals surface area (Å²) in [4.78, 5) is 24.0. The zero-order chi connectivity index (χ0) is 14.5. The standard InChI is InChI=1S/C15H16N2O2S/c1-10-5-6-12(8-11(10)2)17-14(18)9-16-15(19)13-4-3-7-20-13/h3-8H,9H2,1-2H3,(H,16,19)(H,17,18). The van der Waals surface area contributed by atoms with Gasteiger partial charge in [0.15, 0.2) is 0 Å². The van der Waals surface area contributed by atoms with Gasteiger partial charge in [-0.2, -0.15) is 0 Å². The number of amides is 2. The number of anilines is 1. The number of hydrogen-bond donors (Lipinski definition) is 2. The van der Waals surface area contributed by atoms with Crippen molar-refractivity contribution in [2.45, 2.75) is 13.8 Å². The predicted molar refractivity (Wildman–Crippen MR) is 81.2 cm³/mol. The molecule has 0 bridgehead atoms. The first kappa shape index (κ1) is 14.3. The maximum Gasteiger partial charge on any atom is 0.261 e. The van der Waals surface area contributed by atoms with Crippen LogP contribution in [0.3, 0.4) is 0 Å². The molecule has 0 saturated heterocycles. The van der Waals surface area contributed by atoms with Crippen molar-refractivity contribution in [3.05, 3.63) is 51.7 Å². The molecular weight excluding hydrogens is 272 g/mol. The van der Waals surface area contributed by atoms with Crippen LogP contribution in [0.1, 0.15) is 20.8 Å². The van der Waals surface area contributed by atoms with E-state index < -0.39 is 0 Å². The van der Waals surface area contributed by atoms with E-state index in [0.717, 1.165) is 11.3 Å². The molecule has 104 valence electrons. The van der Waals surface area contributed by atoms with Crippen molar-refractivity contribution in [2.75, 3.05) is 11.9 Å². The van der Waals surface area contributed by atoms with Crippen LogP contribution < -0.4 is 10.6 Å². The van der Waals surface area contributed by atoms with Crippen LogP contribution >= 0.6 is 11.3 Å². The first-order chi connectivity index (χ1) is 9.56. The van der Waals surface area contributed by atoms with Gasteiger partial charge in [-0.05, 0) is 48.6 Å². The summed E-state index contributed by atoms with van der Waals surface area (Å²) in [6.45, 7) is 3.97. The van der Waals surface area contributed by atoms with Gasteiger partial charge >= 0.3 is 0 Å². The largest absolute Gasteiger partial charge is 0.342 e. The van der Waals surface area contributed by atoms with Crippen LogP contribution in [-0.4, -0.2) is 18.4 Å². The molecule has 0 aliphatic rings. The average Bonchev–Trinajstić information content (AvgIpc) is 2.94. The third-order valence-corrected chi connectivity index (χ3v) is 3.81. The summed E-state index contributed by atoms with van der Waals surface area (Å²) < 4.78 is 0. The highest BCUT2D eigenvalue weighted by atomic mass is 32.1. The molecule has 0 fully saturated rings. The van der Waals surface area contributed by atoms with Crippen LogP contribution in [0.4, 0.5) is 5.69 Å². The van der Waals surface area contributed by atoms with Gasteiger partial charge in [0, 0.05) is 5.69 Å². The summed E-state index contributed by atoms with van der Waals surface area (Å²) in [5.41, 5.74) is 3.03. The van der Waals surface area contributed by atoms with Crippen LogP contribution in [0.15, 0.2) is 35.7 Å². The quantitative estimate of drug-likeness (QED) is 0.909. The fourth-order valence-electron chi connectivity index (χ4n) is 1.68. The number of carbonyl (C=O) groups excluding carboxylic acids is 2. The third-order valence-electron chi connectivity index (χ3n) is 2.95. The van der Waals surface area contributed by atoms with E-state index in [1.165, 1.54) is 16.9 Å². The Labute approximate surface area is 121 Å². The van der Waals surface area contributed by atoms with E-state index >= 15 is 0 Å². The molecule has 0 aliphatic carbocycles. The molecule has 0 atom stereocenters. The SMILES string of the molecule is Cc1ccc(NC(=O)CNC(=O)c2cccs2)cc1C. The van der Waals surface area contributed by atoms with E-state index in [0.29, 0.717) is 4.88 Å². The molecule has 20 heavy (non-hydrogen) atoms. The highest BCUT2D eigenvalue weighted by Gasteiger charge is 2.09. The molecule has 0 spiro atoms. The van der Waals surface area contributed by atoms with E-state index in [4.69, 9.17) is 0 Å². The molecular formula is C15H16N2O2S. The first-order valence-corrected chi connectivity index (χ1v) is 7.13. The van der Waals surface area contributed by atoms with Crippen molar-refractivity contribution in [1.29, 1.82) is 0 Å². The number of rotatable bonds is 4. The molecule has 2 N–H and O–H groups in total. The van der Waals surface area contributed by atoms with Crippen LogP contribution in [0.25, 0.3) is 0 Å². The zero-order valence-electron chi connectivity index (χ0n) is 11.4. The smallest absolute Gasteiger partial charge is 0.261 e. The number of carbonyl (C=O) groups is 2. The summed E-state index contributed by atoms with van der Waals surface area (Å²) in [5, 5.41) is 7.17. The molecule has 4 nitrogen and oxygen atoms in total. The highest BCUT2D eigenvalue weighted by molar-refractivity contribution is 7.12. The van der Waals surface area contributed by atoms with Crippen molar-refractivity contribution in [3.63, 3.8) is 0 Å². The lowest BCUT2D eigenvalue weighted by Gasteiger charge is -2.08. The normalized spacial score (nSPS) is 10.1. The number of hydrogen-bond acceptors (Lipinski definition) is 3. The van der Waals surface area contributed by atoms with Crippen LogP contribution in [0, 0.1) is 13.8 Å². The minimum Gasteiger partial charge on any atom is -0.342 e. The van der Waals surface area contributed by atoms with Gasteiger partial charge in [-0.3, -0.25) is 9.59 Å². The van der Waals surface area contributed by atoms with Gasteiger partial charge in [-0.25, -0.2) is 0 Å². The summed E-state index contributed by atoms with van der Waals surface area (Å²) in [5.74, 6) is -0.464. The van der Waals surface area contributed by atoms with Gasteiger partial charge in [0.25, 0.3) is 5.91 Å². The maximum absolute atomic E-state index is 11.8. The predicted octanol–water partition coefficient (Wildman–Crippen LogP) is 2.73. The summed E-state index contributed by atoms with van der Waals surface area (Å²) in [6.07, 6.45) is 0. The number of thiophene rings is 1. The van der Waals surface area contributed by atoms with Crippen LogP contribution in [0.5, 0.6) is 0 Å². The van der Waals surface area contributed by atoms with E-state index in [1.807, 2.05) is 37.4 Å². The molecule has 2 amide bonds. The average molecular weight is 288 g/mol. The second-order valence-electron chi connectivity index (χ2n) is 4.51. The number of nitrogens with one attached hydrogen (secondary N) is 2. The second kappa shape index (κ2) is 6.34. The number of aryl methyl sites for hydroxylation is 2. The fourth-order valence-corrected chi connectivity index (χ4v) is 2.32. The molecule has 2 rings (SSSR count). The summed E-state index contributed by atoms with van der Waals surface area (Å²) in [6, 6.07) is 9.24. The van der Waals surface area contributed by atoms with Gasteiger partial charge in [0.2, 0.25) is 5.91 Å². The van der Waals surface area contributed by atoms with Crippen LogP contribution in [0.2, 0.25) is 0 Å².